The van der Waals surface area contributed by atoms with E-state index < -0.39 is 11.4 Å². The molecule has 0 aliphatic heterocycles. The Hall–Kier alpha value is -1.37. The van der Waals surface area contributed by atoms with E-state index in [2.05, 4.69) is 19.9 Å². The zero-order chi connectivity index (χ0) is 15.4. The van der Waals surface area contributed by atoms with Crippen molar-refractivity contribution in [2.75, 3.05) is 6.61 Å². The van der Waals surface area contributed by atoms with Gasteiger partial charge >= 0.3 is 5.97 Å². The van der Waals surface area contributed by atoms with Crippen molar-refractivity contribution in [1.82, 2.24) is 0 Å². The molecule has 20 heavy (non-hydrogen) atoms. The van der Waals surface area contributed by atoms with Crippen molar-refractivity contribution in [3.05, 3.63) is 0 Å². The minimum atomic E-state index is -1.03. The molecule has 1 aliphatic rings. The smallest absolute Gasteiger partial charge is 0.326 e. The summed E-state index contributed by atoms with van der Waals surface area (Å²) in [5.41, 5.74) is -0.997. The molecule has 0 radical (unpaired) electrons. The van der Waals surface area contributed by atoms with Crippen LogP contribution in [0.1, 0.15) is 53.4 Å². The predicted octanol–water partition coefficient (Wildman–Crippen LogP) is 3.11. The third-order valence-electron chi connectivity index (χ3n) is 4.80. The number of ether oxygens (including phenoxy) is 1. The highest BCUT2D eigenvalue weighted by molar-refractivity contribution is 5.80. The predicted molar refractivity (Wildman–Crippen MR) is 75.6 cm³/mol. The molecule has 0 saturated heterocycles. The average molecular weight is 279 g/mol. The number of nitrogens with zero attached hydrogens (tertiary/aromatic N) is 1. The van der Waals surface area contributed by atoms with E-state index in [9.17, 15) is 14.9 Å². The first kappa shape index (κ1) is 16.7. The van der Waals surface area contributed by atoms with E-state index in [1.165, 1.54) is 0 Å². The van der Waals surface area contributed by atoms with E-state index >= 15 is 0 Å². The number of carbonyl (C=O) groups excluding carboxylic acids is 2. The summed E-state index contributed by atoms with van der Waals surface area (Å²) in [5, 5.41) is 9.52. The molecule has 1 aliphatic carbocycles. The van der Waals surface area contributed by atoms with Crippen LogP contribution in [0.4, 0.5) is 0 Å². The molecular formula is C16H25NO3. The zero-order valence-electron chi connectivity index (χ0n) is 12.9. The quantitative estimate of drug-likeness (QED) is 0.573. The van der Waals surface area contributed by atoms with Crippen LogP contribution in [-0.4, -0.2) is 18.9 Å². The summed E-state index contributed by atoms with van der Waals surface area (Å²) in [7, 11) is 0. The van der Waals surface area contributed by atoms with Gasteiger partial charge in [-0.05, 0) is 43.4 Å². The first-order valence-corrected chi connectivity index (χ1v) is 7.35. The van der Waals surface area contributed by atoms with E-state index in [1.807, 2.05) is 6.92 Å². The first-order valence-electron chi connectivity index (χ1n) is 7.35. The fourth-order valence-corrected chi connectivity index (χ4v) is 3.36. The number of esters is 1. The summed E-state index contributed by atoms with van der Waals surface area (Å²) < 4.78 is 5.10. The lowest BCUT2D eigenvalue weighted by molar-refractivity contribution is -0.157. The Bertz CT molecular complexity index is 410. The van der Waals surface area contributed by atoms with Crippen LogP contribution in [-0.2, 0) is 14.3 Å². The number of hydrogen-bond acceptors (Lipinski definition) is 4. The summed E-state index contributed by atoms with van der Waals surface area (Å²) in [4.78, 5) is 23.0. The van der Waals surface area contributed by atoms with Gasteiger partial charge in [-0.15, -0.1) is 0 Å². The minimum Gasteiger partial charge on any atom is -0.465 e. The third kappa shape index (κ3) is 3.20. The lowest BCUT2D eigenvalue weighted by atomic mass is 9.56. The lowest BCUT2D eigenvalue weighted by Gasteiger charge is -2.47. The molecule has 0 aromatic carbocycles. The van der Waals surface area contributed by atoms with Gasteiger partial charge in [-0.1, -0.05) is 20.8 Å². The van der Waals surface area contributed by atoms with Crippen molar-refractivity contribution in [3.8, 4) is 6.07 Å². The monoisotopic (exact) mass is 279 g/mol. The SMILES string of the molecule is CCOC(=O)[C@@]1(C#N)CCC(C)(C)[C@@H]([C@H](C)CC=O)C1. The summed E-state index contributed by atoms with van der Waals surface area (Å²) in [6, 6.07) is 2.20. The van der Waals surface area contributed by atoms with Gasteiger partial charge in [0.05, 0.1) is 12.7 Å². The van der Waals surface area contributed by atoms with Gasteiger partial charge < -0.3 is 9.53 Å². The second-order valence-electron chi connectivity index (χ2n) is 6.59. The highest BCUT2D eigenvalue weighted by Gasteiger charge is 2.51. The third-order valence-corrected chi connectivity index (χ3v) is 4.80. The molecule has 0 amide bonds. The van der Waals surface area contributed by atoms with Gasteiger partial charge in [-0.25, -0.2) is 0 Å². The lowest BCUT2D eigenvalue weighted by Crippen LogP contribution is -2.45. The van der Waals surface area contributed by atoms with Crippen molar-refractivity contribution >= 4 is 12.3 Å². The summed E-state index contributed by atoms with van der Waals surface area (Å²) in [6.45, 7) is 8.39. The molecule has 1 fully saturated rings. The molecule has 1 saturated carbocycles. The van der Waals surface area contributed by atoms with Crippen molar-refractivity contribution in [2.24, 2.45) is 22.7 Å². The normalized spacial score (nSPS) is 30.1. The number of carbonyl (C=O) groups is 2. The molecular weight excluding hydrogens is 254 g/mol. The number of aldehydes is 1. The highest BCUT2D eigenvalue weighted by Crippen LogP contribution is 2.52. The fourth-order valence-electron chi connectivity index (χ4n) is 3.36. The second kappa shape index (κ2) is 6.39. The van der Waals surface area contributed by atoms with Crippen LogP contribution in [0, 0.1) is 34.0 Å². The molecule has 0 N–H and O–H groups in total. The van der Waals surface area contributed by atoms with Gasteiger partial charge in [0.2, 0.25) is 0 Å². The van der Waals surface area contributed by atoms with Gasteiger partial charge in [0, 0.05) is 6.42 Å². The fraction of sp³-hybridized carbons (Fsp3) is 0.812. The van der Waals surface area contributed by atoms with Crippen molar-refractivity contribution in [2.45, 2.75) is 53.4 Å². The van der Waals surface area contributed by atoms with Crippen LogP contribution in [0.25, 0.3) is 0 Å². The summed E-state index contributed by atoms with van der Waals surface area (Å²) >= 11 is 0. The van der Waals surface area contributed by atoms with Gasteiger partial charge in [0.25, 0.3) is 0 Å². The van der Waals surface area contributed by atoms with Crippen molar-refractivity contribution in [3.63, 3.8) is 0 Å². The van der Waals surface area contributed by atoms with Crippen LogP contribution in [0.5, 0.6) is 0 Å². The molecule has 4 nitrogen and oxygen atoms in total. The first-order chi connectivity index (χ1) is 9.33. The van der Waals surface area contributed by atoms with Crippen LogP contribution < -0.4 is 0 Å². The maximum absolute atomic E-state index is 12.2. The van der Waals surface area contributed by atoms with E-state index in [0.717, 1.165) is 12.7 Å². The maximum atomic E-state index is 12.2. The Kier molecular flexibility index (Phi) is 5.33. The van der Waals surface area contributed by atoms with E-state index in [4.69, 9.17) is 4.74 Å². The molecule has 0 unspecified atom stereocenters. The van der Waals surface area contributed by atoms with E-state index in [1.54, 1.807) is 6.92 Å². The zero-order valence-corrected chi connectivity index (χ0v) is 12.9. The minimum absolute atomic E-state index is 0.0370. The van der Waals surface area contributed by atoms with Gasteiger partial charge in [0.15, 0.2) is 5.41 Å². The van der Waals surface area contributed by atoms with Gasteiger partial charge in [-0.2, -0.15) is 5.26 Å². The molecule has 0 spiro atoms. The molecule has 112 valence electrons. The van der Waals surface area contributed by atoms with Crippen LogP contribution in [0.15, 0.2) is 0 Å². The van der Waals surface area contributed by atoms with Crippen molar-refractivity contribution in [1.29, 1.82) is 5.26 Å². The molecule has 1 rings (SSSR count). The molecule has 4 heteroatoms. The Morgan fingerprint density at radius 3 is 2.65 bits per heavy atom. The largest absolute Gasteiger partial charge is 0.465 e. The van der Waals surface area contributed by atoms with Crippen LogP contribution >= 0.6 is 0 Å². The van der Waals surface area contributed by atoms with Crippen LogP contribution in [0.2, 0.25) is 0 Å². The molecule has 0 heterocycles. The highest BCUT2D eigenvalue weighted by atomic mass is 16.5. The van der Waals surface area contributed by atoms with Crippen molar-refractivity contribution < 1.29 is 14.3 Å². The Morgan fingerprint density at radius 1 is 1.50 bits per heavy atom. The number of nitriles is 1. The van der Waals surface area contributed by atoms with Gasteiger partial charge in [0.1, 0.15) is 6.29 Å². The van der Waals surface area contributed by atoms with E-state index in [-0.39, 0.29) is 17.3 Å². The Labute approximate surface area is 121 Å². The second-order valence-corrected chi connectivity index (χ2v) is 6.59. The standard InChI is InChI=1S/C16H25NO3/c1-5-20-14(19)16(11-17)8-7-15(3,4)13(10-16)12(2)6-9-18/h9,12-13H,5-8,10H2,1-4H3/t12-,13-,16+/m1/s1. The Morgan fingerprint density at radius 2 is 2.15 bits per heavy atom. The Balaban J connectivity index is 3.02. The number of hydrogen-bond donors (Lipinski definition) is 0. The number of rotatable bonds is 5. The molecule has 0 aromatic heterocycles. The average Bonchev–Trinajstić information content (AvgIpc) is 2.39. The summed E-state index contributed by atoms with van der Waals surface area (Å²) in [5.74, 6) is -0.0586. The molecule has 0 aromatic rings. The summed E-state index contributed by atoms with van der Waals surface area (Å²) in [6.07, 6.45) is 3.23. The topological polar surface area (TPSA) is 67.2 Å². The maximum Gasteiger partial charge on any atom is 0.326 e. The van der Waals surface area contributed by atoms with Gasteiger partial charge in [-0.3, -0.25) is 4.79 Å². The molecule has 3 atom stereocenters. The van der Waals surface area contributed by atoms with E-state index in [0.29, 0.717) is 25.9 Å². The molecule has 0 bridgehead atoms. The van der Waals surface area contributed by atoms with Crippen LogP contribution in [0.3, 0.4) is 0 Å².